The first-order chi connectivity index (χ1) is 13.0. The summed E-state index contributed by atoms with van der Waals surface area (Å²) < 4.78 is 0. The Labute approximate surface area is 162 Å². The van der Waals surface area contributed by atoms with Crippen LogP contribution in [0.25, 0.3) is 22.4 Å². The van der Waals surface area contributed by atoms with Gasteiger partial charge in [-0.15, -0.1) is 12.3 Å². The van der Waals surface area contributed by atoms with Crippen molar-refractivity contribution in [3.05, 3.63) is 35.7 Å². The van der Waals surface area contributed by atoms with E-state index in [9.17, 15) is 4.79 Å². The number of Topliss-reactive ketones (excluding diaryl/α,β-unsaturated/α-hetero) is 1. The topological polar surface area (TPSA) is 83.6 Å². The molecular formula is C20H20ClN5O. The van der Waals surface area contributed by atoms with E-state index >= 15 is 0 Å². The minimum Gasteiger partial charge on any atom is -0.360 e. The number of rotatable bonds is 7. The van der Waals surface area contributed by atoms with Crippen molar-refractivity contribution >= 4 is 34.2 Å². The quantitative estimate of drug-likeness (QED) is 0.602. The standard InChI is InChI=1S/C20H20ClN5O/c1-4-5-6-16(27)18(12(2)3)25-17-7-8-22-20(26-17)15-11-24-19-14(15)9-13(21)10-23-19/h1,7-12,18H,5-6H2,2-3H3,(H,23,24)(H,22,25,26)/t18-/m1/s1. The number of nitrogens with zero attached hydrogens (tertiary/aromatic N) is 3. The van der Waals surface area contributed by atoms with Gasteiger partial charge < -0.3 is 10.3 Å². The maximum Gasteiger partial charge on any atom is 0.163 e. The molecule has 0 spiro atoms. The highest BCUT2D eigenvalue weighted by molar-refractivity contribution is 6.31. The van der Waals surface area contributed by atoms with Crippen LogP contribution in [0.4, 0.5) is 5.82 Å². The zero-order chi connectivity index (χ0) is 19.4. The first kappa shape index (κ1) is 18.9. The summed E-state index contributed by atoms with van der Waals surface area (Å²) in [7, 11) is 0. The Balaban J connectivity index is 1.89. The van der Waals surface area contributed by atoms with Gasteiger partial charge in [-0.25, -0.2) is 15.0 Å². The molecule has 0 fully saturated rings. The smallest absolute Gasteiger partial charge is 0.163 e. The van der Waals surface area contributed by atoms with E-state index in [1.54, 1.807) is 24.7 Å². The second-order valence-corrected chi connectivity index (χ2v) is 6.99. The SMILES string of the molecule is C#CCCC(=O)[C@H](Nc1ccnc(-c2c[nH]c3ncc(Cl)cc23)n1)C(C)C. The second kappa shape index (κ2) is 8.19. The molecule has 0 saturated heterocycles. The Morgan fingerprint density at radius 1 is 1.41 bits per heavy atom. The third kappa shape index (κ3) is 4.26. The largest absolute Gasteiger partial charge is 0.360 e. The first-order valence-electron chi connectivity index (χ1n) is 8.68. The van der Waals surface area contributed by atoms with Gasteiger partial charge in [0.1, 0.15) is 11.5 Å². The Hall–Kier alpha value is -2.91. The molecule has 0 unspecified atom stereocenters. The number of carbonyl (C=O) groups excluding carboxylic acids is 1. The molecule has 3 aromatic heterocycles. The number of ketones is 1. The summed E-state index contributed by atoms with van der Waals surface area (Å²) in [6, 6.07) is 3.20. The maximum atomic E-state index is 12.4. The van der Waals surface area contributed by atoms with Gasteiger partial charge in [0, 0.05) is 42.4 Å². The normalized spacial score (nSPS) is 12.1. The fourth-order valence-electron chi connectivity index (χ4n) is 2.86. The molecule has 138 valence electrons. The number of terminal acetylenes is 1. The number of hydrogen-bond acceptors (Lipinski definition) is 5. The molecule has 7 heteroatoms. The monoisotopic (exact) mass is 381 g/mol. The molecule has 3 aromatic rings. The number of fused-ring (bicyclic) bond motifs is 1. The van der Waals surface area contributed by atoms with Crippen LogP contribution in [0.1, 0.15) is 26.7 Å². The van der Waals surface area contributed by atoms with Gasteiger partial charge in [0.2, 0.25) is 0 Å². The van der Waals surface area contributed by atoms with Crippen LogP contribution in [-0.4, -0.2) is 31.8 Å². The van der Waals surface area contributed by atoms with E-state index in [-0.39, 0.29) is 17.7 Å². The number of H-pyrrole nitrogens is 1. The first-order valence-corrected chi connectivity index (χ1v) is 9.06. The summed E-state index contributed by atoms with van der Waals surface area (Å²) in [4.78, 5) is 28.7. The van der Waals surface area contributed by atoms with E-state index in [0.717, 1.165) is 10.9 Å². The van der Waals surface area contributed by atoms with Crippen molar-refractivity contribution in [2.45, 2.75) is 32.7 Å². The molecule has 3 rings (SSSR count). The summed E-state index contributed by atoms with van der Waals surface area (Å²) in [5, 5.41) is 4.60. The molecule has 2 N–H and O–H groups in total. The van der Waals surface area contributed by atoms with Crippen molar-refractivity contribution in [3.63, 3.8) is 0 Å². The molecule has 6 nitrogen and oxygen atoms in total. The van der Waals surface area contributed by atoms with E-state index in [1.807, 2.05) is 19.9 Å². The Kier molecular flexibility index (Phi) is 5.72. The summed E-state index contributed by atoms with van der Waals surface area (Å²) in [6.45, 7) is 3.97. The molecule has 0 bridgehead atoms. The lowest BCUT2D eigenvalue weighted by Gasteiger charge is -2.21. The summed E-state index contributed by atoms with van der Waals surface area (Å²) in [5.74, 6) is 3.79. The number of hydrogen-bond donors (Lipinski definition) is 2. The molecule has 0 aliphatic carbocycles. The third-order valence-electron chi connectivity index (χ3n) is 4.23. The molecule has 1 atom stereocenters. The molecular weight excluding hydrogens is 362 g/mol. The van der Waals surface area contributed by atoms with Gasteiger partial charge in [0.05, 0.1) is 11.1 Å². The highest BCUT2D eigenvalue weighted by Gasteiger charge is 2.22. The summed E-state index contributed by atoms with van der Waals surface area (Å²) >= 11 is 6.07. The Morgan fingerprint density at radius 3 is 2.96 bits per heavy atom. The number of pyridine rings is 1. The molecule has 0 amide bonds. The zero-order valence-electron chi connectivity index (χ0n) is 15.2. The maximum absolute atomic E-state index is 12.4. The number of anilines is 1. The van der Waals surface area contributed by atoms with Gasteiger partial charge in [-0.2, -0.15) is 0 Å². The Bertz CT molecular complexity index is 1010. The van der Waals surface area contributed by atoms with E-state index in [1.165, 1.54) is 0 Å². The highest BCUT2D eigenvalue weighted by Crippen LogP contribution is 2.27. The van der Waals surface area contributed by atoms with Crippen LogP contribution in [0.5, 0.6) is 0 Å². The van der Waals surface area contributed by atoms with E-state index < -0.39 is 0 Å². The average Bonchev–Trinajstić information content (AvgIpc) is 3.07. The van der Waals surface area contributed by atoms with Crippen molar-refractivity contribution in [2.75, 3.05) is 5.32 Å². The number of aromatic amines is 1. The van der Waals surface area contributed by atoms with Crippen molar-refractivity contribution in [2.24, 2.45) is 5.92 Å². The molecule has 0 saturated carbocycles. The molecule has 0 aliphatic heterocycles. The van der Waals surface area contributed by atoms with Crippen LogP contribution in [0.15, 0.2) is 30.7 Å². The second-order valence-electron chi connectivity index (χ2n) is 6.55. The van der Waals surface area contributed by atoms with E-state index in [0.29, 0.717) is 35.2 Å². The highest BCUT2D eigenvalue weighted by atomic mass is 35.5. The summed E-state index contributed by atoms with van der Waals surface area (Å²) in [6.07, 6.45) is 11.1. The zero-order valence-corrected chi connectivity index (χ0v) is 15.9. The van der Waals surface area contributed by atoms with Crippen LogP contribution >= 0.6 is 11.6 Å². The van der Waals surface area contributed by atoms with Gasteiger partial charge in [0.15, 0.2) is 11.6 Å². The van der Waals surface area contributed by atoms with Crippen LogP contribution in [-0.2, 0) is 4.79 Å². The molecule has 27 heavy (non-hydrogen) atoms. The lowest BCUT2D eigenvalue weighted by molar-refractivity contribution is -0.120. The van der Waals surface area contributed by atoms with Crippen LogP contribution < -0.4 is 5.32 Å². The van der Waals surface area contributed by atoms with E-state index in [2.05, 4.69) is 31.2 Å². The molecule has 0 radical (unpaired) electrons. The number of nitrogens with one attached hydrogen (secondary N) is 2. The fourth-order valence-corrected chi connectivity index (χ4v) is 3.02. The van der Waals surface area contributed by atoms with Gasteiger partial charge in [-0.3, -0.25) is 4.79 Å². The fraction of sp³-hybridized carbons (Fsp3) is 0.300. The predicted octanol–water partition coefficient (Wildman–Crippen LogP) is 4.09. The van der Waals surface area contributed by atoms with Gasteiger partial charge in [0.25, 0.3) is 0 Å². The predicted molar refractivity (Wildman–Crippen MR) is 107 cm³/mol. The lowest BCUT2D eigenvalue weighted by atomic mass is 9.97. The van der Waals surface area contributed by atoms with Crippen molar-refractivity contribution in [1.82, 2.24) is 19.9 Å². The molecule has 0 aromatic carbocycles. The van der Waals surface area contributed by atoms with Crippen LogP contribution in [0.3, 0.4) is 0 Å². The number of carbonyl (C=O) groups is 1. The number of halogens is 1. The number of aromatic nitrogens is 4. The lowest BCUT2D eigenvalue weighted by Crippen LogP contribution is -2.34. The van der Waals surface area contributed by atoms with Crippen molar-refractivity contribution in [3.8, 4) is 23.7 Å². The molecule has 0 aliphatic rings. The van der Waals surface area contributed by atoms with Crippen molar-refractivity contribution in [1.29, 1.82) is 0 Å². The minimum atomic E-state index is -0.361. The van der Waals surface area contributed by atoms with Crippen LogP contribution in [0.2, 0.25) is 5.02 Å². The van der Waals surface area contributed by atoms with Gasteiger partial charge in [-0.05, 0) is 18.1 Å². The average molecular weight is 382 g/mol. The third-order valence-corrected chi connectivity index (χ3v) is 4.43. The van der Waals surface area contributed by atoms with Gasteiger partial charge >= 0.3 is 0 Å². The van der Waals surface area contributed by atoms with Crippen molar-refractivity contribution < 1.29 is 4.79 Å². The Morgan fingerprint density at radius 2 is 2.22 bits per heavy atom. The van der Waals surface area contributed by atoms with E-state index in [4.69, 9.17) is 18.0 Å². The molecule has 3 heterocycles. The van der Waals surface area contributed by atoms with Gasteiger partial charge in [-0.1, -0.05) is 25.4 Å². The summed E-state index contributed by atoms with van der Waals surface area (Å²) in [5.41, 5.74) is 1.50. The minimum absolute atomic E-state index is 0.0752. The van der Waals surface area contributed by atoms with Crippen LogP contribution in [0, 0.1) is 18.3 Å².